The van der Waals surface area contributed by atoms with Crippen molar-refractivity contribution in [2.45, 2.75) is 0 Å². The molecule has 0 amide bonds. The molecule has 1 aromatic carbocycles. The van der Waals surface area contributed by atoms with Gasteiger partial charge in [-0.3, -0.25) is 0 Å². The molecule has 0 spiro atoms. The largest absolute Gasteiger partial charge is 0.477 e. The fraction of sp³-hybridized carbons (Fsp3) is 0. The quantitative estimate of drug-likeness (QED) is 0.879. The Balaban J connectivity index is 2.57. The second-order valence-electron chi connectivity index (χ2n) is 3.26. The number of rotatable bonds is 2. The minimum atomic E-state index is -1.14. The minimum Gasteiger partial charge on any atom is -0.477 e. The van der Waals surface area contributed by atoms with E-state index in [1.54, 1.807) is 12.1 Å². The number of nitrogens with two attached hydrogens (primary N) is 1. The van der Waals surface area contributed by atoms with E-state index in [1.165, 1.54) is 16.9 Å². The molecule has 0 bridgehead atoms. The summed E-state index contributed by atoms with van der Waals surface area (Å²) in [7, 11) is 0. The second kappa shape index (κ2) is 4.27. The van der Waals surface area contributed by atoms with Gasteiger partial charge in [0.25, 0.3) is 0 Å². The van der Waals surface area contributed by atoms with Crippen molar-refractivity contribution >= 4 is 35.0 Å². The summed E-state index contributed by atoms with van der Waals surface area (Å²) in [5, 5.41) is 13.5. The maximum absolute atomic E-state index is 10.8. The number of carboxylic acids is 1. The van der Waals surface area contributed by atoms with E-state index in [0.29, 0.717) is 15.7 Å². The lowest BCUT2D eigenvalue weighted by molar-refractivity contribution is 0.0698. The fourth-order valence-electron chi connectivity index (χ4n) is 1.37. The topological polar surface area (TPSA) is 81.1 Å². The van der Waals surface area contributed by atoms with Crippen LogP contribution >= 0.6 is 23.2 Å². The molecule has 7 heteroatoms. The van der Waals surface area contributed by atoms with E-state index < -0.39 is 5.97 Å². The molecule has 1 aromatic heterocycles. The predicted molar refractivity (Wildman–Crippen MR) is 65.0 cm³/mol. The molecule has 1 heterocycles. The summed E-state index contributed by atoms with van der Waals surface area (Å²) >= 11 is 11.7. The predicted octanol–water partition coefficient (Wildman–Crippen LogP) is 2.46. The van der Waals surface area contributed by atoms with Crippen molar-refractivity contribution in [2.24, 2.45) is 0 Å². The van der Waals surface area contributed by atoms with Gasteiger partial charge in [-0.05, 0) is 18.2 Å². The van der Waals surface area contributed by atoms with Crippen LogP contribution in [-0.2, 0) is 0 Å². The highest BCUT2D eigenvalue weighted by Crippen LogP contribution is 2.26. The minimum absolute atomic E-state index is 0.0155. The average molecular weight is 272 g/mol. The molecule has 0 saturated heterocycles. The van der Waals surface area contributed by atoms with Gasteiger partial charge in [0.2, 0.25) is 0 Å². The van der Waals surface area contributed by atoms with Gasteiger partial charge in [-0.1, -0.05) is 23.2 Å². The molecule has 0 radical (unpaired) electrons. The molecular weight excluding hydrogens is 265 g/mol. The first-order valence-electron chi connectivity index (χ1n) is 4.53. The SMILES string of the molecule is Nc1c(C(=O)O)cnn1-c1ccc(Cl)cc1Cl. The Morgan fingerprint density at radius 3 is 2.65 bits per heavy atom. The maximum Gasteiger partial charge on any atom is 0.341 e. The highest BCUT2D eigenvalue weighted by Gasteiger charge is 2.16. The molecule has 0 aliphatic heterocycles. The standard InChI is InChI=1S/C10H7Cl2N3O2/c11-5-1-2-8(7(12)3-5)15-9(13)6(4-14-15)10(16)17/h1-4H,13H2,(H,16,17). The van der Waals surface area contributed by atoms with Crippen LogP contribution in [-0.4, -0.2) is 20.9 Å². The third-order valence-electron chi connectivity index (χ3n) is 2.17. The number of nitrogen functional groups attached to an aromatic ring is 1. The first kappa shape index (κ1) is 11.8. The van der Waals surface area contributed by atoms with E-state index in [1.807, 2.05) is 0 Å². The number of carboxylic acid groups (broad SMARTS) is 1. The van der Waals surface area contributed by atoms with Crippen LogP contribution in [0.4, 0.5) is 5.82 Å². The van der Waals surface area contributed by atoms with Crippen molar-refractivity contribution in [3.8, 4) is 5.69 Å². The molecule has 0 saturated carbocycles. The highest BCUT2D eigenvalue weighted by molar-refractivity contribution is 6.35. The van der Waals surface area contributed by atoms with Gasteiger partial charge < -0.3 is 10.8 Å². The third-order valence-corrected chi connectivity index (χ3v) is 2.71. The molecule has 0 aliphatic rings. The summed E-state index contributed by atoms with van der Waals surface area (Å²) < 4.78 is 1.25. The van der Waals surface area contributed by atoms with Gasteiger partial charge in [0, 0.05) is 5.02 Å². The van der Waals surface area contributed by atoms with Gasteiger partial charge in [-0.25, -0.2) is 9.48 Å². The molecule has 5 nitrogen and oxygen atoms in total. The monoisotopic (exact) mass is 271 g/mol. The Kier molecular flexibility index (Phi) is 2.95. The number of anilines is 1. The highest BCUT2D eigenvalue weighted by atomic mass is 35.5. The van der Waals surface area contributed by atoms with Crippen molar-refractivity contribution in [1.29, 1.82) is 0 Å². The van der Waals surface area contributed by atoms with Crippen LogP contribution in [0.15, 0.2) is 24.4 Å². The molecular formula is C10H7Cl2N3O2. The number of nitrogens with zero attached hydrogens (tertiary/aromatic N) is 2. The summed E-state index contributed by atoms with van der Waals surface area (Å²) in [6.07, 6.45) is 1.17. The fourth-order valence-corrected chi connectivity index (χ4v) is 1.86. The van der Waals surface area contributed by atoms with E-state index in [0.717, 1.165) is 0 Å². The Morgan fingerprint density at radius 1 is 1.41 bits per heavy atom. The lowest BCUT2D eigenvalue weighted by Crippen LogP contribution is -2.06. The van der Waals surface area contributed by atoms with E-state index in [-0.39, 0.29) is 11.4 Å². The van der Waals surface area contributed by atoms with E-state index in [9.17, 15) is 4.79 Å². The number of benzene rings is 1. The molecule has 0 aliphatic carbocycles. The number of hydrogen-bond donors (Lipinski definition) is 2. The van der Waals surface area contributed by atoms with Crippen LogP contribution in [0.1, 0.15) is 10.4 Å². The van der Waals surface area contributed by atoms with Crippen LogP contribution in [0.5, 0.6) is 0 Å². The Morgan fingerprint density at radius 2 is 2.12 bits per heavy atom. The maximum atomic E-state index is 10.8. The number of hydrogen-bond acceptors (Lipinski definition) is 3. The zero-order valence-corrected chi connectivity index (χ0v) is 9.90. The van der Waals surface area contributed by atoms with Crippen LogP contribution in [0, 0.1) is 0 Å². The number of carbonyl (C=O) groups is 1. The van der Waals surface area contributed by atoms with Crippen molar-refractivity contribution in [3.05, 3.63) is 40.0 Å². The molecule has 2 aromatic rings. The molecule has 0 fully saturated rings. The van der Waals surface area contributed by atoms with Gasteiger partial charge in [-0.15, -0.1) is 0 Å². The lowest BCUT2D eigenvalue weighted by Gasteiger charge is -2.06. The van der Waals surface area contributed by atoms with Crippen LogP contribution in [0.3, 0.4) is 0 Å². The lowest BCUT2D eigenvalue weighted by atomic mass is 10.3. The van der Waals surface area contributed by atoms with Crippen LogP contribution in [0.2, 0.25) is 10.0 Å². The third kappa shape index (κ3) is 2.07. The second-order valence-corrected chi connectivity index (χ2v) is 4.10. The number of aromatic nitrogens is 2. The van der Waals surface area contributed by atoms with E-state index >= 15 is 0 Å². The zero-order chi connectivity index (χ0) is 12.6. The molecule has 0 unspecified atom stereocenters. The number of aromatic carboxylic acids is 1. The molecule has 3 N–H and O–H groups in total. The van der Waals surface area contributed by atoms with Gasteiger partial charge in [-0.2, -0.15) is 5.10 Å². The van der Waals surface area contributed by atoms with Crippen LogP contribution < -0.4 is 5.73 Å². The first-order chi connectivity index (χ1) is 8.00. The van der Waals surface area contributed by atoms with Crippen molar-refractivity contribution in [1.82, 2.24) is 9.78 Å². The van der Waals surface area contributed by atoms with Gasteiger partial charge in [0.05, 0.1) is 16.9 Å². The van der Waals surface area contributed by atoms with Gasteiger partial charge >= 0.3 is 5.97 Å². The van der Waals surface area contributed by atoms with Gasteiger partial charge in [0.15, 0.2) is 0 Å². The molecule has 17 heavy (non-hydrogen) atoms. The average Bonchev–Trinajstić information content (AvgIpc) is 2.60. The summed E-state index contributed by atoms with van der Waals surface area (Å²) in [6.45, 7) is 0. The Hall–Kier alpha value is -1.72. The molecule has 2 rings (SSSR count). The van der Waals surface area contributed by atoms with Gasteiger partial charge in [0.1, 0.15) is 11.4 Å². The Labute approximate surface area is 106 Å². The Bertz CT molecular complexity index is 595. The van der Waals surface area contributed by atoms with Crippen molar-refractivity contribution < 1.29 is 9.90 Å². The van der Waals surface area contributed by atoms with E-state index in [4.69, 9.17) is 34.0 Å². The zero-order valence-electron chi connectivity index (χ0n) is 8.39. The smallest absolute Gasteiger partial charge is 0.341 e. The molecule has 0 atom stereocenters. The van der Waals surface area contributed by atoms with Crippen molar-refractivity contribution in [2.75, 3.05) is 5.73 Å². The first-order valence-corrected chi connectivity index (χ1v) is 5.28. The van der Waals surface area contributed by atoms with E-state index in [2.05, 4.69) is 5.10 Å². The summed E-state index contributed by atoms with van der Waals surface area (Å²) in [5.74, 6) is -1.12. The summed E-state index contributed by atoms with van der Waals surface area (Å²) in [6, 6.07) is 4.75. The van der Waals surface area contributed by atoms with Crippen LogP contribution in [0.25, 0.3) is 5.69 Å². The van der Waals surface area contributed by atoms with Crippen molar-refractivity contribution in [3.63, 3.8) is 0 Å². The number of halogens is 2. The molecule has 88 valence electrons. The summed E-state index contributed by atoms with van der Waals surface area (Å²) in [4.78, 5) is 10.8. The summed E-state index contributed by atoms with van der Waals surface area (Å²) in [5.41, 5.74) is 6.07. The normalized spacial score (nSPS) is 10.5.